The fourth-order valence-electron chi connectivity index (χ4n) is 3.18. The lowest BCUT2D eigenvalue weighted by Crippen LogP contribution is -2.26. The van der Waals surface area contributed by atoms with Gasteiger partial charge in [-0.2, -0.15) is 0 Å². The second-order valence-corrected chi connectivity index (χ2v) is 7.42. The number of aliphatic hydroxyl groups is 1. The highest BCUT2D eigenvalue weighted by Gasteiger charge is 2.31. The number of esters is 1. The van der Waals surface area contributed by atoms with Gasteiger partial charge in [-0.05, 0) is 36.8 Å². The highest BCUT2D eigenvalue weighted by Crippen LogP contribution is 2.35. The summed E-state index contributed by atoms with van der Waals surface area (Å²) in [6.45, 7) is 2.37. The molecule has 0 fully saturated rings. The molecule has 2 N–H and O–H groups in total. The highest BCUT2D eigenvalue weighted by atomic mass is 32.1. The molecule has 142 valence electrons. The van der Waals surface area contributed by atoms with Gasteiger partial charge in [0.2, 0.25) is 0 Å². The van der Waals surface area contributed by atoms with Crippen LogP contribution in [-0.2, 0) is 16.0 Å². The zero-order valence-electron chi connectivity index (χ0n) is 15.3. The lowest BCUT2D eigenvalue weighted by atomic mass is 10.1. The summed E-state index contributed by atoms with van der Waals surface area (Å²) in [5, 5.41) is 19.7. The molecule has 28 heavy (non-hydrogen) atoms. The second kappa shape index (κ2) is 7.44. The third-order valence-electron chi connectivity index (χ3n) is 4.51. The van der Waals surface area contributed by atoms with Crippen molar-refractivity contribution in [2.24, 2.45) is 0 Å². The zero-order valence-corrected chi connectivity index (χ0v) is 16.1. The maximum Gasteiger partial charge on any atom is 0.310 e. The predicted octanol–water partition coefficient (Wildman–Crippen LogP) is 4.17. The number of benzene rings is 2. The number of hydrogen-bond acceptors (Lipinski definition) is 6. The molecular weight excluding hydrogens is 374 g/mol. The minimum atomic E-state index is -0.262. The maximum absolute atomic E-state index is 11.6. The smallest absolute Gasteiger partial charge is 0.310 e. The van der Waals surface area contributed by atoms with Crippen molar-refractivity contribution in [1.82, 2.24) is 4.98 Å². The first-order valence-corrected chi connectivity index (χ1v) is 9.77. The van der Waals surface area contributed by atoms with Crippen molar-refractivity contribution in [2.45, 2.75) is 13.3 Å². The van der Waals surface area contributed by atoms with Gasteiger partial charge in [0.1, 0.15) is 16.6 Å². The molecule has 0 bridgehead atoms. The number of amidine groups is 1. The van der Waals surface area contributed by atoms with E-state index in [9.17, 15) is 9.90 Å². The van der Waals surface area contributed by atoms with Crippen molar-refractivity contribution in [3.05, 3.63) is 64.9 Å². The Balaban J connectivity index is 1.55. The van der Waals surface area contributed by atoms with Gasteiger partial charge in [-0.15, -0.1) is 11.3 Å². The molecule has 0 saturated carbocycles. The number of hydrogen-bond donors (Lipinski definition) is 2. The largest absolute Gasteiger partial charge is 0.510 e. The SMILES string of the molecule is CCOC(=O)Cc1ccc(N2CC(O)=C(c3nc4ccccc4s3)C2=N)cc1. The molecule has 0 radical (unpaired) electrons. The number of para-hydroxylation sites is 1. The minimum Gasteiger partial charge on any atom is -0.510 e. The normalized spacial score (nSPS) is 14.2. The summed E-state index contributed by atoms with van der Waals surface area (Å²) in [6.07, 6.45) is 0.214. The molecule has 6 nitrogen and oxygen atoms in total. The number of nitrogens with zero attached hydrogens (tertiary/aromatic N) is 2. The number of nitrogens with one attached hydrogen (secondary N) is 1. The van der Waals surface area contributed by atoms with Crippen LogP contribution in [0.3, 0.4) is 0 Å². The Morgan fingerprint density at radius 3 is 2.71 bits per heavy atom. The van der Waals surface area contributed by atoms with E-state index in [1.54, 1.807) is 11.8 Å². The van der Waals surface area contributed by atoms with E-state index in [0.717, 1.165) is 21.5 Å². The topological polar surface area (TPSA) is 86.5 Å². The molecule has 7 heteroatoms. The van der Waals surface area contributed by atoms with E-state index in [4.69, 9.17) is 10.1 Å². The summed E-state index contributed by atoms with van der Waals surface area (Å²) in [4.78, 5) is 17.9. The van der Waals surface area contributed by atoms with Gasteiger partial charge in [0.05, 0.1) is 35.4 Å². The van der Waals surface area contributed by atoms with Crippen LogP contribution in [0.25, 0.3) is 15.8 Å². The second-order valence-electron chi connectivity index (χ2n) is 6.39. The Bertz CT molecular complexity index is 1050. The molecule has 1 aromatic heterocycles. The summed E-state index contributed by atoms with van der Waals surface area (Å²) in [6, 6.07) is 15.1. The van der Waals surface area contributed by atoms with Gasteiger partial charge >= 0.3 is 5.97 Å². The van der Waals surface area contributed by atoms with Crippen molar-refractivity contribution in [3.63, 3.8) is 0 Å². The van der Waals surface area contributed by atoms with E-state index < -0.39 is 0 Å². The number of aliphatic hydroxyl groups excluding tert-OH is 1. The Morgan fingerprint density at radius 2 is 2.00 bits per heavy atom. The number of anilines is 1. The van der Waals surface area contributed by atoms with E-state index in [2.05, 4.69) is 4.98 Å². The number of aromatic nitrogens is 1. The third kappa shape index (κ3) is 3.36. The summed E-state index contributed by atoms with van der Waals surface area (Å²) in [7, 11) is 0. The first-order chi connectivity index (χ1) is 13.6. The third-order valence-corrected chi connectivity index (χ3v) is 5.57. The predicted molar refractivity (Wildman–Crippen MR) is 111 cm³/mol. The molecule has 4 rings (SSSR count). The molecule has 0 amide bonds. The van der Waals surface area contributed by atoms with E-state index in [-0.39, 0.29) is 30.5 Å². The summed E-state index contributed by atoms with van der Waals surface area (Å²) < 4.78 is 5.99. The van der Waals surface area contributed by atoms with Crippen molar-refractivity contribution >= 4 is 44.6 Å². The van der Waals surface area contributed by atoms with Crippen LogP contribution < -0.4 is 4.90 Å². The summed E-state index contributed by atoms with van der Waals surface area (Å²) in [5.41, 5.74) is 2.95. The summed E-state index contributed by atoms with van der Waals surface area (Å²) in [5.74, 6) is 0.0935. The molecule has 0 spiro atoms. The van der Waals surface area contributed by atoms with Crippen LogP contribution >= 0.6 is 11.3 Å². The van der Waals surface area contributed by atoms with Gasteiger partial charge in [-0.1, -0.05) is 24.3 Å². The quantitative estimate of drug-likeness (QED) is 0.636. The number of carbonyl (C=O) groups excluding carboxylic acids is 1. The zero-order chi connectivity index (χ0) is 19.7. The number of carbonyl (C=O) groups is 1. The van der Waals surface area contributed by atoms with Crippen LogP contribution in [0, 0.1) is 5.41 Å². The van der Waals surface area contributed by atoms with Crippen LogP contribution in [0.4, 0.5) is 5.69 Å². The molecule has 0 aliphatic carbocycles. The Hall–Kier alpha value is -3.19. The van der Waals surface area contributed by atoms with E-state index in [1.165, 1.54) is 11.3 Å². The van der Waals surface area contributed by atoms with Crippen LogP contribution in [-0.4, -0.2) is 35.0 Å². The molecule has 1 aliphatic heterocycles. The van der Waals surface area contributed by atoms with E-state index >= 15 is 0 Å². The molecule has 3 aromatic rings. The molecule has 0 atom stereocenters. The van der Waals surface area contributed by atoms with Gasteiger partial charge in [-0.25, -0.2) is 4.98 Å². The van der Waals surface area contributed by atoms with Crippen LogP contribution in [0.15, 0.2) is 54.3 Å². The van der Waals surface area contributed by atoms with Gasteiger partial charge in [0.15, 0.2) is 0 Å². The number of fused-ring (bicyclic) bond motifs is 1. The van der Waals surface area contributed by atoms with E-state index in [0.29, 0.717) is 17.2 Å². The van der Waals surface area contributed by atoms with Gasteiger partial charge in [0, 0.05) is 5.69 Å². The number of ether oxygens (including phenoxy) is 1. The Morgan fingerprint density at radius 1 is 1.25 bits per heavy atom. The average Bonchev–Trinajstić information content (AvgIpc) is 3.22. The average molecular weight is 393 g/mol. The summed E-state index contributed by atoms with van der Waals surface area (Å²) >= 11 is 1.47. The number of rotatable bonds is 5. The van der Waals surface area contributed by atoms with Crippen molar-refractivity contribution in [1.29, 1.82) is 5.41 Å². The highest BCUT2D eigenvalue weighted by molar-refractivity contribution is 7.19. The molecular formula is C21H19N3O3S. The van der Waals surface area contributed by atoms with Gasteiger partial charge in [0.25, 0.3) is 0 Å². The van der Waals surface area contributed by atoms with E-state index in [1.807, 2.05) is 48.5 Å². The van der Waals surface area contributed by atoms with Crippen LogP contribution in [0.2, 0.25) is 0 Å². The molecule has 2 heterocycles. The Kier molecular flexibility index (Phi) is 4.83. The van der Waals surface area contributed by atoms with Crippen LogP contribution in [0.1, 0.15) is 17.5 Å². The maximum atomic E-state index is 11.6. The standard InChI is InChI=1S/C21H19N3O3S/c1-2-27-18(26)11-13-7-9-14(10-8-13)24-12-16(25)19(20(24)22)21-23-15-5-3-4-6-17(15)28-21/h3-10,22,25H,2,11-12H2,1H3. The minimum absolute atomic E-state index is 0.139. The molecule has 2 aromatic carbocycles. The lowest BCUT2D eigenvalue weighted by Gasteiger charge is -2.18. The van der Waals surface area contributed by atoms with Crippen molar-refractivity contribution in [2.75, 3.05) is 18.1 Å². The molecule has 1 aliphatic rings. The molecule has 0 saturated heterocycles. The first-order valence-electron chi connectivity index (χ1n) is 8.96. The molecule has 0 unspecified atom stereocenters. The van der Waals surface area contributed by atoms with Crippen molar-refractivity contribution in [3.8, 4) is 0 Å². The van der Waals surface area contributed by atoms with Gasteiger partial charge < -0.3 is 14.7 Å². The van der Waals surface area contributed by atoms with Gasteiger partial charge in [-0.3, -0.25) is 10.2 Å². The van der Waals surface area contributed by atoms with Crippen molar-refractivity contribution < 1.29 is 14.6 Å². The first kappa shape index (κ1) is 18.2. The fourth-order valence-corrected chi connectivity index (χ4v) is 4.21. The fraction of sp³-hybridized carbons (Fsp3) is 0.190. The number of thiazole rings is 1. The Labute approximate surface area is 166 Å². The van der Waals surface area contributed by atoms with Crippen LogP contribution in [0.5, 0.6) is 0 Å². The lowest BCUT2D eigenvalue weighted by molar-refractivity contribution is -0.142. The monoisotopic (exact) mass is 393 g/mol.